The summed E-state index contributed by atoms with van der Waals surface area (Å²) in [5.41, 5.74) is 3.43. The van der Waals surface area contributed by atoms with Crippen LogP contribution in [0.15, 0.2) is 18.2 Å². The van der Waals surface area contributed by atoms with E-state index in [0.29, 0.717) is 59.0 Å². The van der Waals surface area contributed by atoms with E-state index in [1.54, 1.807) is 19.9 Å². The summed E-state index contributed by atoms with van der Waals surface area (Å²) in [5.74, 6) is -1.51. The van der Waals surface area contributed by atoms with Gasteiger partial charge < -0.3 is 20.4 Å². The molecule has 2 fully saturated rings. The van der Waals surface area contributed by atoms with Gasteiger partial charge in [-0.15, -0.1) is 0 Å². The molecule has 3 N–H and O–H groups in total. The first kappa shape index (κ1) is 21.4. The Morgan fingerprint density at radius 1 is 1.27 bits per heavy atom. The molecule has 3 aliphatic heterocycles. The number of rotatable bonds is 4. The van der Waals surface area contributed by atoms with Crippen LogP contribution >= 0.6 is 0 Å². The fourth-order valence-electron chi connectivity index (χ4n) is 4.48. The molecule has 1 unspecified atom stereocenters. The van der Waals surface area contributed by atoms with Gasteiger partial charge in [-0.2, -0.15) is 0 Å². The number of amides is 3. The molecule has 172 valence electrons. The van der Waals surface area contributed by atoms with Gasteiger partial charge in [0.15, 0.2) is 0 Å². The predicted octanol–water partition coefficient (Wildman–Crippen LogP) is 1.92. The van der Waals surface area contributed by atoms with E-state index in [4.69, 9.17) is 9.57 Å². The number of halogens is 1. The summed E-state index contributed by atoms with van der Waals surface area (Å²) in [6.45, 7) is 4.54. The third-order valence-electron chi connectivity index (χ3n) is 6.19. The number of fused-ring (bicyclic) bond motifs is 1. The predicted molar refractivity (Wildman–Crippen MR) is 116 cm³/mol. The minimum Gasteiger partial charge on any atom is -0.379 e. The normalized spacial score (nSPS) is 23.4. The van der Waals surface area contributed by atoms with E-state index >= 15 is 0 Å². The summed E-state index contributed by atoms with van der Waals surface area (Å²) >= 11 is 0. The summed E-state index contributed by atoms with van der Waals surface area (Å²) in [7, 11) is 0. The number of hydrogen-bond donors (Lipinski definition) is 3. The van der Waals surface area contributed by atoms with Gasteiger partial charge in [-0.3, -0.25) is 19.2 Å². The molecular formula is C23H23FN4O5. The third-order valence-corrected chi connectivity index (χ3v) is 6.19. The molecule has 10 heteroatoms. The Morgan fingerprint density at radius 2 is 2.09 bits per heavy atom. The third kappa shape index (κ3) is 3.70. The van der Waals surface area contributed by atoms with Crippen molar-refractivity contribution in [1.82, 2.24) is 15.4 Å². The van der Waals surface area contributed by atoms with E-state index in [9.17, 15) is 18.8 Å². The fourth-order valence-corrected chi connectivity index (χ4v) is 4.48. The van der Waals surface area contributed by atoms with Gasteiger partial charge in [0.2, 0.25) is 0 Å². The lowest BCUT2D eigenvalue weighted by molar-refractivity contribution is -0.173. The highest BCUT2D eigenvalue weighted by Crippen LogP contribution is 2.34. The first-order chi connectivity index (χ1) is 15.8. The number of nitrogens with one attached hydrogen (secondary N) is 3. The lowest BCUT2D eigenvalue weighted by Gasteiger charge is -2.20. The molecule has 0 spiro atoms. The quantitative estimate of drug-likeness (QED) is 0.611. The molecule has 33 heavy (non-hydrogen) atoms. The minimum absolute atomic E-state index is 0.0586. The van der Waals surface area contributed by atoms with Crippen LogP contribution in [0, 0.1) is 19.7 Å². The molecule has 3 amide bonds. The lowest BCUT2D eigenvalue weighted by atomic mass is 10.0. The molecule has 9 nitrogen and oxygen atoms in total. The number of hydroxylamine groups is 2. The number of aryl methyl sites for hydroxylation is 1. The molecular weight excluding hydrogens is 431 g/mol. The SMILES string of the molecule is Cc1[nH]c(/C=C2\C(=O)Nc3ccc(F)cc32)c(C)c1C(=O)NC1CON([C@@H]2CCOC2)C1=O. The van der Waals surface area contributed by atoms with Gasteiger partial charge in [0.05, 0.1) is 23.8 Å². The lowest BCUT2D eigenvalue weighted by Crippen LogP contribution is -2.45. The number of carbonyl (C=O) groups is 3. The van der Waals surface area contributed by atoms with Crippen molar-refractivity contribution in [2.24, 2.45) is 0 Å². The van der Waals surface area contributed by atoms with Crippen molar-refractivity contribution in [3.05, 3.63) is 52.1 Å². The summed E-state index contributed by atoms with van der Waals surface area (Å²) < 4.78 is 19.0. The van der Waals surface area contributed by atoms with Gasteiger partial charge in [0, 0.05) is 29.2 Å². The van der Waals surface area contributed by atoms with E-state index < -0.39 is 17.8 Å². The number of ether oxygens (including phenoxy) is 1. The summed E-state index contributed by atoms with van der Waals surface area (Å²) in [6.07, 6.45) is 2.30. The van der Waals surface area contributed by atoms with Crippen LogP contribution in [0.5, 0.6) is 0 Å². The molecule has 1 aromatic carbocycles. The number of aromatic nitrogens is 1. The number of aromatic amines is 1. The zero-order valence-corrected chi connectivity index (χ0v) is 18.2. The molecule has 3 aliphatic rings. The highest BCUT2D eigenvalue weighted by molar-refractivity contribution is 6.34. The maximum absolute atomic E-state index is 13.7. The Balaban J connectivity index is 1.37. The second-order valence-corrected chi connectivity index (χ2v) is 8.37. The summed E-state index contributed by atoms with van der Waals surface area (Å²) in [5, 5.41) is 6.77. The van der Waals surface area contributed by atoms with Crippen LogP contribution in [0.2, 0.25) is 0 Å². The van der Waals surface area contributed by atoms with Crippen LogP contribution in [0.1, 0.15) is 39.3 Å². The molecule has 2 atom stereocenters. The molecule has 4 heterocycles. The number of carbonyl (C=O) groups excluding carboxylic acids is 3. The number of nitrogens with zero attached hydrogens (tertiary/aromatic N) is 1. The largest absolute Gasteiger partial charge is 0.379 e. The van der Waals surface area contributed by atoms with Crippen molar-refractivity contribution in [3.63, 3.8) is 0 Å². The molecule has 0 saturated carbocycles. The Kier molecular flexibility index (Phi) is 5.26. The Labute approximate surface area is 188 Å². The first-order valence-corrected chi connectivity index (χ1v) is 10.7. The van der Waals surface area contributed by atoms with Crippen LogP contribution in [0.3, 0.4) is 0 Å². The van der Waals surface area contributed by atoms with Crippen molar-refractivity contribution < 1.29 is 28.3 Å². The molecule has 0 aliphatic carbocycles. The van der Waals surface area contributed by atoms with Crippen molar-refractivity contribution in [1.29, 1.82) is 0 Å². The van der Waals surface area contributed by atoms with Gasteiger partial charge in [-0.05, 0) is 50.1 Å². The highest BCUT2D eigenvalue weighted by Gasteiger charge is 2.40. The number of anilines is 1. The van der Waals surface area contributed by atoms with Crippen molar-refractivity contribution in [2.75, 3.05) is 25.1 Å². The average Bonchev–Trinajstić information content (AvgIpc) is 3.53. The fraction of sp³-hybridized carbons (Fsp3) is 0.348. The molecule has 1 aromatic heterocycles. The van der Waals surface area contributed by atoms with E-state index in [2.05, 4.69) is 15.6 Å². The van der Waals surface area contributed by atoms with E-state index in [1.807, 2.05) is 0 Å². The average molecular weight is 454 g/mol. The topological polar surface area (TPSA) is 113 Å². The Morgan fingerprint density at radius 3 is 2.85 bits per heavy atom. The van der Waals surface area contributed by atoms with Gasteiger partial charge in [0.1, 0.15) is 18.5 Å². The molecule has 0 radical (unpaired) electrons. The number of H-pyrrole nitrogens is 1. The maximum Gasteiger partial charge on any atom is 0.271 e. The van der Waals surface area contributed by atoms with Gasteiger partial charge in [-0.25, -0.2) is 9.45 Å². The maximum atomic E-state index is 13.7. The zero-order valence-electron chi connectivity index (χ0n) is 18.2. The van der Waals surface area contributed by atoms with Crippen molar-refractivity contribution >= 4 is 35.1 Å². The Hall–Kier alpha value is -3.50. The molecule has 5 rings (SSSR count). The van der Waals surface area contributed by atoms with Crippen LogP contribution in [0.4, 0.5) is 10.1 Å². The second kappa shape index (κ2) is 8.13. The number of hydrogen-bond acceptors (Lipinski definition) is 5. The van der Waals surface area contributed by atoms with Gasteiger partial charge >= 0.3 is 0 Å². The van der Waals surface area contributed by atoms with Crippen LogP contribution < -0.4 is 10.6 Å². The highest BCUT2D eigenvalue weighted by atomic mass is 19.1. The number of benzene rings is 1. The molecule has 2 aromatic rings. The van der Waals surface area contributed by atoms with Crippen molar-refractivity contribution in [3.8, 4) is 0 Å². The van der Waals surface area contributed by atoms with Gasteiger partial charge in [0.25, 0.3) is 17.7 Å². The Bertz CT molecular complexity index is 1200. The van der Waals surface area contributed by atoms with Gasteiger partial charge in [-0.1, -0.05) is 0 Å². The monoisotopic (exact) mass is 454 g/mol. The zero-order chi connectivity index (χ0) is 23.3. The molecule has 0 bridgehead atoms. The second-order valence-electron chi connectivity index (χ2n) is 8.37. The summed E-state index contributed by atoms with van der Waals surface area (Å²) in [4.78, 5) is 46.8. The molecule has 2 saturated heterocycles. The van der Waals surface area contributed by atoms with Crippen LogP contribution in [0.25, 0.3) is 11.6 Å². The van der Waals surface area contributed by atoms with Crippen LogP contribution in [-0.4, -0.2) is 59.7 Å². The smallest absolute Gasteiger partial charge is 0.271 e. The van der Waals surface area contributed by atoms with E-state index in [1.165, 1.54) is 23.3 Å². The van der Waals surface area contributed by atoms with Crippen LogP contribution in [-0.2, 0) is 19.2 Å². The summed E-state index contributed by atoms with van der Waals surface area (Å²) in [6, 6.07) is 3.16. The van der Waals surface area contributed by atoms with E-state index in [0.717, 1.165) is 0 Å². The minimum atomic E-state index is -0.788. The van der Waals surface area contributed by atoms with Crippen molar-refractivity contribution in [2.45, 2.75) is 32.4 Å². The van der Waals surface area contributed by atoms with E-state index in [-0.39, 0.29) is 24.5 Å². The first-order valence-electron chi connectivity index (χ1n) is 10.7. The standard InChI is InChI=1S/C23H23FN4O5/c1-11-18(8-16-15-7-13(24)3-4-17(15)26-21(16)29)25-12(2)20(11)22(30)27-19-10-33-28(23(19)31)14-5-6-32-9-14/h3-4,7-8,14,19,25H,5-6,9-10H2,1-2H3,(H,26,29)(H,27,30)/b16-8-/t14-,19?/m1/s1.